The van der Waals surface area contributed by atoms with Gasteiger partial charge in [-0.1, -0.05) is 39.8 Å². The maximum absolute atomic E-state index is 12.3. The standard InChI is InChI=1S/C17H26O4/c1-5-14-9-10-15(6-2,11-14)17(8-4,13(20)21)16(14,7-3)12(18)19/h9-10H,5-8,11H2,1-4H3,(H,18,19)(H,20,21)/t14-,15-,16?,17?/m1/s1. The zero-order valence-electron chi connectivity index (χ0n) is 13.4. The molecule has 2 aliphatic rings. The van der Waals surface area contributed by atoms with Crippen LogP contribution in [0.2, 0.25) is 0 Å². The van der Waals surface area contributed by atoms with Crippen molar-refractivity contribution >= 4 is 11.9 Å². The van der Waals surface area contributed by atoms with E-state index in [2.05, 4.69) is 0 Å². The Kier molecular flexibility index (Phi) is 3.51. The molecular formula is C17H26O4. The maximum Gasteiger partial charge on any atom is 0.311 e. The fourth-order valence-corrected chi connectivity index (χ4v) is 5.93. The highest BCUT2D eigenvalue weighted by Crippen LogP contribution is 2.79. The minimum atomic E-state index is -1.22. The molecule has 2 bridgehead atoms. The fraction of sp³-hybridized carbons (Fsp3) is 0.765. The average Bonchev–Trinajstić information content (AvgIpc) is 2.95. The van der Waals surface area contributed by atoms with Crippen LogP contribution >= 0.6 is 0 Å². The van der Waals surface area contributed by atoms with Crippen molar-refractivity contribution in [3.63, 3.8) is 0 Å². The van der Waals surface area contributed by atoms with Gasteiger partial charge in [0.1, 0.15) is 0 Å². The highest BCUT2D eigenvalue weighted by atomic mass is 16.4. The van der Waals surface area contributed by atoms with Gasteiger partial charge in [-0.3, -0.25) is 9.59 Å². The van der Waals surface area contributed by atoms with Crippen molar-refractivity contribution in [2.45, 2.75) is 59.8 Å². The van der Waals surface area contributed by atoms with Gasteiger partial charge in [0, 0.05) is 10.8 Å². The molecule has 0 saturated heterocycles. The van der Waals surface area contributed by atoms with E-state index < -0.39 is 33.6 Å². The van der Waals surface area contributed by atoms with E-state index in [4.69, 9.17) is 0 Å². The molecule has 2 rings (SSSR count). The third kappa shape index (κ3) is 1.32. The molecule has 4 heteroatoms. The van der Waals surface area contributed by atoms with Crippen molar-refractivity contribution in [1.29, 1.82) is 0 Å². The molecule has 1 fully saturated rings. The highest BCUT2D eigenvalue weighted by molar-refractivity contribution is 5.91. The monoisotopic (exact) mass is 294 g/mol. The Balaban J connectivity index is 2.90. The largest absolute Gasteiger partial charge is 0.481 e. The van der Waals surface area contributed by atoms with Crippen molar-refractivity contribution in [3.05, 3.63) is 12.2 Å². The van der Waals surface area contributed by atoms with E-state index in [1.165, 1.54) is 0 Å². The highest BCUT2D eigenvalue weighted by Gasteiger charge is 2.81. The summed E-state index contributed by atoms with van der Waals surface area (Å²) < 4.78 is 0. The Bertz CT molecular complexity index is 467. The van der Waals surface area contributed by atoms with Gasteiger partial charge in [-0.15, -0.1) is 0 Å². The Morgan fingerprint density at radius 3 is 1.33 bits per heavy atom. The van der Waals surface area contributed by atoms with E-state index in [0.29, 0.717) is 32.1 Å². The number of hydrogen-bond donors (Lipinski definition) is 2. The first-order valence-electron chi connectivity index (χ1n) is 7.97. The maximum atomic E-state index is 12.3. The third-order valence-electron chi connectivity index (χ3n) is 6.83. The Morgan fingerprint density at radius 2 is 1.14 bits per heavy atom. The molecule has 0 heterocycles. The number of carbonyl (C=O) groups is 2. The molecule has 2 N–H and O–H groups in total. The number of hydrogen-bond acceptors (Lipinski definition) is 2. The molecule has 0 aromatic carbocycles. The number of carboxylic acid groups (broad SMARTS) is 2. The summed E-state index contributed by atoms with van der Waals surface area (Å²) >= 11 is 0. The molecule has 0 aromatic rings. The molecule has 0 radical (unpaired) electrons. The summed E-state index contributed by atoms with van der Waals surface area (Å²) in [5, 5.41) is 20.2. The van der Waals surface area contributed by atoms with Crippen molar-refractivity contribution < 1.29 is 19.8 Å². The molecule has 0 amide bonds. The molecule has 1 saturated carbocycles. The average molecular weight is 294 g/mol. The Hall–Kier alpha value is -1.32. The fourth-order valence-electron chi connectivity index (χ4n) is 5.93. The lowest BCUT2D eigenvalue weighted by Gasteiger charge is -2.53. The molecule has 21 heavy (non-hydrogen) atoms. The van der Waals surface area contributed by atoms with Gasteiger partial charge in [-0.2, -0.15) is 0 Å². The second-order valence-corrected chi connectivity index (χ2v) is 6.66. The normalized spacial score (nSPS) is 44.2. The van der Waals surface area contributed by atoms with Gasteiger partial charge < -0.3 is 10.2 Å². The molecule has 0 spiro atoms. The molecule has 2 aliphatic carbocycles. The zero-order chi connectivity index (χ0) is 16.1. The van der Waals surface area contributed by atoms with E-state index in [0.717, 1.165) is 0 Å². The van der Waals surface area contributed by atoms with Gasteiger partial charge in [0.05, 0.1) is 10.8 Å². The van der Waals surface area contributed by atoms with Crippen LogP contribution in [0.25, 0.3) is 0 Å². The van der Waals surface area contributed by atoms with Crippen LogP contribution in [0, 0.1) is 21.7 Å². The van der Waals surface area contributed by atoms with Gasteiger partial charge in [0.25, 0.3) is 0 Å². The van der Waals surface area contributed by atoms with E-state index in [-0.39, 0.29) is 0 Å². The van der Waals surface area contributed by atoms with Crippen LogP contribution in [0.15, 0.2) is 12.2 Å². The molecule has 4 nitrogen and oxygen atoms in total. The number of aliphatic carboxylic acids is 2. The van der Waals surface area contributed by atoms with Crippen LogP contribution in [0.1, 0.15) is 59.8 Å². The van der Waals surface area contributed by atoms with Gasteiger partial charge in [-0.05, 0) is 32.1 Å². The molecule has 0 aromatic heterocycles. The molecule has 118 valence electrons. The van der Waals surface area contributed by atoms with E-state index in [1.807, 2.05) is 39.8 Å². The van der Waals surface area contributed by atoms with Gasteiger partial charge in [0.2, 0.25) is 0 Å². The lowest BCUT2D eigenvalue weighted by atomic mass is 9.47. The predicted octanol–water partition coefficient (Wildman–Crippen LogP) is 3.71. The van der Waals surface area contributed by atoms with Gasteiger partial charge >= 0.3 is 11.9 Å². The third-order valence-corrected chi connectivity index (χ3v) is 6.83. The summed E-state index contributed by atoms with van der Waals surface area (Å²) in [4.78, 5) is 24.7. The first kappa shape index (κ1) is 16.1. The van der Waals surface area contributed by atoms with Gasteiger partial charge in [-0.25, -0.2) is 0 Å². The Morgan fingerprint density at radius 1 is 0.810 bits per heavy atom. The van der Waals surface area contributed by atoms with E-state index >= 15 is 0 Å². The second-order valence-electron chi connectivity index (χ2n) is 6.66. The summed E-state index contributed by atoms with van der Waals surface area (Å²) in [5.74, 6) is -1.90. The van der Waals surface area contributed by atoms with Crippen LogP contribution in [0.5, 0.6) is 0 Å². The second kappa shape index (κ2) is 4.59. The molecule has 2 unspecified atom stereocenters. The van der Waals surface area contributed by atoms with E-state index in [1.54, 1.807) is 0 Å². The number of rotatable bonds is 6. The van der Waals surface area contributed by atoms with Crippen molar-refractivity contribution in [1.82, 2.24) is 0 Å². The van der Waals surface area contributed by atoms with Crippen LogP contribution in [0.3, 0.4) is 0 Å². The lowest BCUT2D eigenvalue weighted by molar-refractivity contribution is -0.187. The Labute approximate surface area is 126 Å². The first-order valence-corrected chi connectivity index (χ1v) is 7.97. The summed E-state index contributed by atoms with van der Waals surface area (Å²) in [6.45, 7) is 7.63. The first-order chi connectivity index (χ1) is 9.79. The van der Waals surface area contributed by atoms with Gasteiger partial charge in [0.15, 0.2) is 0 Å². The molecule has 0 aliphatic heterocycles. The minimum absolute atomic E-state index is 0.350. The smallest absolute Gasteiger partial charge is 0.311 e. The molecular weight excluding hydrogens is 268 g/mol. The number of fused-ring (bicyclic) bond motifs is 2. The zero-order valence-corrected chi connectivity index (χ0v) is 13.4. The van der Waals surface area contributed by atoms with Crippen LogP contribution < -0.4 is 0 Å². The van der Waals surface area contributed by atoms with Crippen LogP contribution in [0.4, 0.5) is 0 Å². The van der Waals surface area contributed by atoms with Crippen molar-refractivity contribution in [2.24, 2.45) is 21.7 Å². The van der Waals surface area contributed by atoms with Crippen LogP contribution in [-0.2, 0) is 9.59 Å². The number of carboxylic acids is 2. The summed E-state index contributed by atoms with van der Waals surface area (Å²) in [5.41, 5.74) is -3.53. The SMILES string of the molecule is CCC1(C(=O)O)C(CC)(C(=O)O)[C@]2(CC)C=C[C@]1(CC)C2. The summed E-state index contributed by atoms with van der Waals surface area (Å²) in [6, 6.07) is 0. The summed E-state index contributed by atoms with van der Waals surface area (Å²) in [6.07, 6.45) is 6.72. The molecule has 4 atom stereocenters. The topological polar surface area (TPSA) is 74.6 Å². The lowest BCUT2D eigenvalue weighted by Crippen LogP contribution is -2.60. The van der Waals surface area contributed by atoms with Crippen molar-refractivity contribution in [2.75, 3.05) is 0 Å². The summed E-state index contributed by atoms with van der Waals surface area (Å²) in [7, 11) is 0. The van der Waals surface area contributed by atoms with Crippen LogP contribution in [-0.4, -0.2) is 22.2 Å². The van der Waals surface area contributed by atoms with Crippen molar-refractivity contribution in [3.8, 4) is 0 Å². The predicted molar refractivity (Wildman–Crippen MR) is 79.9 cm³/mol. The minimum Gasteiger partial charge on any atom is -0.481 e. The number of allylic oxidation sites excluding steroid dienone is 2. The quantitative estimate of drug-likeness (QED) is 0.732. The van der Waals surface area contributed by atoms with E-state index in [9.17, 15) is 19.8 Å².